The maximum absolute atomic E-state index is 11.6. The van der Waals surface area contributed by atoms with Crippen LogP contribution >= 0.6 is 15.9 Å². The number of benzene rings is 1. The lowest BCUT2D eigenvalue weighted by atomic mass is 10.0. The molecule has 0 saturated carbocycles. The fourth-order valence-corrected chi connectivity index (χ4v) is 2.15. The number of rotatable bonds is 4. The van der Waals surface area contributed by atoms with Crippen LogP contribution in [0.2, 0.25) is 0 Å². The standard InChI is InChI=1S/C11H15BrN4O/c1-3-8-5-4-6-10(9(8)7-12)14-11(17)16(2)15-13/h4-6,13H,3,7H2,1-2H3,(H,14,17)/p+1. The van der Waals surface area contributed by atoms with E-state index in [1.165, 1.54) is 12.6 Å². The summed E-state index contributed by atoms with van der Waals surface area (Å²) in [5, 5.41) is 7.81. The normalized spacial score (nSPS) is 9.82. The smallest absolute Gasteiger partial charge is 0.286 e. The summed E-state index contributed by atoms with van der Waals surface area (Å²) in [4.78, 5) is 11.6. The predicted molar refractivity (Wildman–Crippen MR) is 69.6 cm³/mol. The van der Waals surface area contributed by atoms with E-state index in [0.29, 0.717) is 5.33 Å². The van der Waals surface area contributed by atoms with E-state index in [1.54, 1.807) is 0 Å². The first-order chi connectivity index (χ1) is 8.13. The van der Waals surface area contributed by atoms with E-state index < -0.39 is 0 Å². The summed E-state index contributed by atoms with van der Waals surface area (Å²) in [6.07, 6.45) is 0.918. The molecule has 1 aromatic carbocycles. The molecule has 0 aliphatic carbocycles. The molecule has 2 amide bonds. The third-order valence-electron chi connectivity index (χ3n) is 2.50. The number of halogens is 1. The number of nitrogens with two attached hydrogens (primary N) is 1. The predicted octanol–water partition coefficient (Wildman–Crippen LogP) is 1.73. The van der Waals surface area contributed by atoms with Crippen molar-refractivity contribution in [1.82, 2.24) is 5.01 Å². The molecule has 5 nitrogen and oxygen atoms in total. The summed E-state index contributed by atoms with van der Waals surface area (Å²) in [6.45, 7) is 2.08. The van der Waals surface area contributed by atoms with Gasteiger partial charge < -0.3 is 0 Å². The Morgan fingerprint density at radius 2 is 2.29 bits per heavy atom. The Kier molecular flexibility index (Phi) is 5.09. The molecule has 0 radical (unpaired) electrons. The van der Waals surface area contributed by atoms with E-state index in [4.69, 9.17) is 5.53 Å². The highest BCUT2D eigenvalue weighted by atomic mass is 79.9. The summed E-state index contributed by atoms with van der Waals surface area (Å²) in [5.74, 6) is 0. The Labute approximate surface area is 109 Å². The fourth-order valence-electron chi connectivity index (χ4n) is 1.49. The molecule has 1 rings (SSSR count). The molecule has 6 heteroatoms. The largest absolute Gasteiger partial charge is 0.433 e. The molecule has 0 unspecified atom stereocenters. The first-order valence-electron chi connectivity index (χ1n) is 5.26. The van der Waals surface area contributed by atoms with Crippen LogP contribution in [0, 0.1) is 0 Å². The van der Waals surface area contributed by atoms with Crippen molar-refractivity contribution >= 4 is 27.6 Å². The van der Waals surface area contributed by atoms with Gasteiger partial charge in [-0.2, -0.15) is 5.53 Å². The highest BCUT2D eigenvalue weighted by Gasteiger charge is 2.16. The lowest BCUT2D eigenvalue weighted by molar-refractivity contribution is -0.248. The lowest BCUT2D eigenvalue weighted by Crippen LogP contribution is -2.37. The Balaban J connectivity index is 2.98. The fraction of sp³-hybridized carbons (Fsp3) is 0.364. The Morgan fingerprint density at radius 3 is 2.82 bits per heavy atom. The van der Waals surface area contributed by atoms with Gasteiger partial charge in [0.2, 0.25) is 0 Å². The van der Waals surface area contributed by atoms with Crippen LogP contribution in [-0.2, 0) is 11.8 Å². The molecule has 0 aliphatic rings. The van der Waals surface area contributed by atoms with Crippen molar-refractivity contribution in [2.24, 2.45) is 5.22 Å². The van der Waals surface area contributed by atoms with E-state index in [0.717, 1.165) is 22.7 Å². The second-order valence-corrected chi connectivity index (χ2v) is 4.06. The van der Waals surface area contributed by atoms with Crippen molar-refractivity contribution in [1.29, 1.82) is 0 Å². The van der Waals surface area contributed by atoms with Crippen molar-refractivity contribution in [2.75, 3.05) is 12.4 Å². The molecule has 92 valence electrons. The van der Waals surface area contributed by atoms with Gasteiger partial charge in [-0.25, -0.2) is 4.79 Å². The molecule has 0 bridgehead atoms. The average Bonchev–Trinajstić information content (AvgIpc) is 2.37. The summed E-state index contributed by atoms with van der Waals surface area (Å²) >= 11 is 3.43. The number of hydrogen-bond acceptors (Lipinski definition) is 2. The van der Waals surface area contributed by atoms with E-state index in [1.807, 2.05) is 18.2 Å². The molecule has 0 spiro atoms. The number of nitrogens with one attached hydrogen (secondary N) is 1. The second-order valence-electron chi connectivity index (χ2n) is 3.50. The number of carbonyl (C=O) groups is 1. The average molecular weight is 300 g/mol. The summed E-state index contributed by atoms with van der Waals surface area (Å²) in [5.41, 5.74) is 8.09. The lowest BCUT2D eigenvalue weighted by Gasteiger charge is -2.12. The molecule has 0 heterocycles. The van der Waals surface area contributed by atoms with Crippen LogP contribution in [0.5, 0.6) is 0 Å². The SMILES string of the molecule is CCc1cccc(NC(=O)N(C)N=[NH2+])c1CBr. The number of amides is 2. The van der Waals surface area contributed by atoms with Crippen molar-refractivity contribution in [3.05, 3.63) is 29.3 Å². The molecule has 0 fully saturated rings. The first-order valence-corrected chi connectivity index (χ1v) is 6.38. The molecular formula is C11H16BrN4O+. The number of nitrogens with zero attached hydrogens (tertiary/aromatic N) is 2. The van der Waals surface area contributed by atoms with Gasteiger partial charge in [0.05, 0.1) is 5.22 Å². The molecule has 0 aliphatic heterocycles. The van der Waals surface area contributed by atoms with Crippen LogP contribution in [0.3, 0.4) is 0 Å². The van der Waals surface area contributed by atoms with Gasteiger partial charge in [-0.15, -0.1) is 0 Å². The molecule has 3 N–H and O–H groups in total. The Morgan fingerprint density at radius 1 is 1.59 bits per heavy atom. The summed E-state index contributed by atoms with van der Waals surface area (Å²) in [6, 6.07) is 5.46. The van der Waals surface area contributed by atoms with Crippen LogP contribution in [0.4, 0.5) is 10.5 Å². The molecule has 1 aromatic rings. The van der Waals surface area contributed by atoms with Crippen LogP contribution in [-0.4, -0.2) is 18.1 Å². The van der Waals surface area contributed by atoms with Crippen molar-refractivity contribution < 1.29 is 10.3 Å². The number of urea groups is 1. The highest BCUT2D eigenvalue weighted by molar-refractivity contribution is 9.08. The Bertz CT molecular complexity index is 422. The summed E-state index contributed by atoms with van der Waals surface area (Å²) < 4.78 is 0. The molecule has 17 heavy (non-hydrogen) atoms. The van der Waals surface area contributed by atoms with Gasteiger partial charge in [0.15, 0.2) is 0 Å². The van der Waals surface area contributed by atoms with E-state index in [-0.39, 0.29) is 6.03 Å². The number of hydrogen-bond donors (Lipinski definition) is 2. The molecule has 0 aromatic heterocycles. The quantitative estimate of drug-likeness (QED) is 0.496. The summed E-state index contributed by atoms with van der Waals surface area (Å²) in [7, 11) is 1.49. The maximum atomic E-state index is 11.6. The van der Waals surface area contributed by atoms with E-state index in [9.17, 15) is 4.79 Å². The highest BCUT2D eigenvalue weighted by Crippen LogP contribution is 2.23. The number of aryl methyl sites for hydroxylation is 1. The maximum Gasteiger partial charge on any atom is 0.433 e. The van der Waals surface area contributed by atoms with Gasteiger partial charge in [-0.1, -0.05) is 40.0 Å². The van der Waals surface area contributed by atoms with Crippen molar-refractivity contribution in [3.8, 4) is 0 Å². The van der Waals surface area contributed by atoms with Gasteiger partial charge in [0, 0.05) is 11.0 Å². The third-order valence-corrected chi connectivity index (χ3v) is 3.06. The van der Waals surface area contributed by atoms with Gasteiger partial charge in [-0.3, -0.25) is 5.32 Å². The zero-order valence-electron chi connectivity index (χ0n) is 9.90. The minimum absolute atomic E-state index is 0.358. The van der Waals surface area contributed by atoms with Gasteiger partial charge >= 0.3 is 6.03 Å². The molecular weight excluding hydrogens is 284 g/mol. The van der Waals surface area contributed by atoms with Gasteiger partial charge in [-0.05, 0) is 23.6 Å². The minimum Gasteiger partial charge on any atom is -0.286 e. The molecule has 0 atom stereocenters. The van der Waals surface area contributed by atoms with E-state index >= 15 is 0 Å². The second kappa shape index (κ2) is 6.34. The van der Waals surface area contributed by atoms with Crippen molar-refractivity contribution in [3.63, 3.8) is 0 Å². The van der Waals surface area contributed by atoms with Gasteiger partial charge in [0.25, 0.3) is 0 Å². The van der Waals surface area contributed by atoms with Crippen molar-refractivity contribution in [2.45, 2.75) is 18.7 Å². The topological polar surface area (TPSA) is 70.3 Å². The zero-order chi connectivity index (χ0) is 12.8. The number of anilines is 1. The number of alkyl halides is 1. The van der Waals surface area contributed by atoms with Crippen LogP contribution in [0.15, 0.2) is 23.4 Å². The number of carbonyl (C=O) groups excluding carboxylic acids is 1. The Hall–Kier alpha value is -1.43. The van der Waals surface area contributed by atoms with E-state index in [2.05, 4.69) is 33.4 Å². The molecule has 0 saturated heterocycles. The first kappa shape index (κ1) is 13.6. The van der Waals surface area contributed by atoms with Gasteiger partial charge in [0.1, 0.15) is 7.05 Å². The minimum atomic E-state index is -0.358. The monoisotopic (exact) mass is 299 g/mol. The zero-order valence-corrected chi connectivity index (χ0v) is 11.5. The van der Waals surface area contributed by atoms with Crippen LogP contribution < -0.4 is 10.8 Å². The van der Waals surface area contributed by atoms with Crippen LogP contribution in [0.1, 0.15) is 18.1 Å². The third kappa shape index (κ3) is 3.26. The van der Waals surface area contributed by atoms with Crippen LogP contribution in [0.25, 0.3) is 0 Å².